The molecule has 4 fully saturated rings. The second-order valence-electron chi connectivity index (χ2n) is 14.0. The number of carboxylic acids is 1. The fourth-order valence-electron chi connectivity index (χ4n) is 7.27. The number of nitrogens with one attached hydrogen (secondary N) is 1. The van der Waals surface area contributed by atoms with Gasteiger partial charge in [-0.3, -0.25) is 14.9 Å². The minimum Gasteiger partial charge on any atom is -0.479 e. The van der Waals surface area contributed by atoms with Gasteiger partial charge in [0.25, 0.3) is 11.6 Å². The zero-order valence-corrected chi connectivity index (χ0v) is 29.2. The summed E-state index contributed by atoms with van der Waals surface area (Å²) in [5, 5.41) is 87.6. The molecule has 3 saturated heterocycles. The summed E-state index contributed by atoms with van der Waals surface area (Å²) in [4.78, 5) is 35.7. The molecule has 0 spiro atoms. The Morgan fingerprint density at radius 2 is 1.57 bits per heavy atom. The van der Waals surface area contributed by atoms with Crippen molar-refractivity contribution >= 4 is 17.6 Å². The molecule has 1 aliphatic carbocycles. The van der Waals surface area contributed by atoms with Crippen LogP contribution in [0.25, 0.3) is 0 Å². The van der Waals surface area contributed by atoms with Gasteiger partial charge in [0.2, 0.25) is 0 Å². The highest BCUT2D eigenvalue weighted by Gasteiger charge is 2.51. The van der Waals surface area contributed by atoms with Crippen LogP contribution in [0.5, 0.6) is 0 Å². The van der Waals surface area contributed by atoms with Gasteiger partial charge in [-0.05, 0) is 37.8 Å². The molecule has 19 nitrogen and oxygen atoms in total. The van der Waals surface area contributed by atoms with Crippen molar-refractivity contribution < 1.29 is 78.7 Å². The average molecular weight is 759 g/mol. The van der Waals surface area contributed by atoms with Gasteiger partial charge in [0.15, 0.2) is 18.7 Å². The Bertz CT molecular complexity index is 1360. The summed E-state index contributed by atoms with van der Waals surface area (Å²) in [5.41, 5.74) is -0.105. The maximum Gasteiger partial charge on any atom is 0.332 e. The second-order valence-corrected chi connectivity index (χ2v) is 14.0. The van der Waals surface area contributed by atoms with Gasteiger partial charge >= 0.3 is 5.97 Å². The van der Waals surface area contributed by atoms with Gasteiger partial charge in [0.1, 0.15) is 54.9 Å². The van der Waals surface area contributed by atoms with Crippen molar-refractivity contribution in [3.05, 3.63) is 39.9 Å². The Kier molecular flexibility index (Phi) is 14.5. The van der Waals surface area contributed by atoms with Crippen LogP contribution >= 0.6 is 0 Å². The first-order valence-corrected chi connectivity index (χ1v) is 17.9. The number of non-ortho nitro benzene ring substituents is 1. The van der Waals surface area contributed by atoms with E-state index in [0.717, 1.165) is 32.1 Å². The number of aliphatic carboxylic acids is 1. The van der Waals surface area contributed by atoms with Gasteiger partial charge < -0.3 is 69.5 Å². The number of rotatable bonds is 14. The third-order valence-electron chi connectivity index (χ3n) is 10.4. The molecule has 8 N–H and O–H groups in total. The van der Waals surface area contributed by atoms with E-state index in [4.69, 9.17) is 28.4 Å². The van der Waals surface area contributed by atoms with Crippen LogP contribution in [0.4, 0.5) is 5.69 Å². The van der Waals surface area contributed by atoms with Crippen LogP contribution in [-0.4, -0.2) is 158 Å². The summed E-state index contributed by atoms with van der Waals surface area (Å²) < 4.78 is 35.5. The van der Waals surface area contributed by atoms with Crippen LogP contribution < -0.4 is 5.32 Å². The summed E-state index contributed by atoms with van der Waals surface area (Å²) in [5.74, 6) is -1.81. The molecule has 14 atom stereocenters. The molecule has 1 amide bonds. The van der Waals surface area contributed by atoms with Gasteiger partial charge in [-0.2, -0.15) is 0 Å². The number of amides is 1. The number of carbonyl (C=O) groups excluding carboxylic acids is 1. The predicted molar refractivity (Wildman–Crippen MR) is 177 cm³/mol. The van der Waals surface area contributed by atoms with Crippen molar-refractivity contribution in [3.8, 4) is 0 Å². The standard InChI is InChI=1S/C34H50N2O17/c1-16-24(38)26(40)27(41)33(49-16)53-29-20(11-12-48-22(29)14-35-31(43)18-7-9-19(10-8-18)36(46)47)51-34-28(42)30(25(39)23(15-37)52-34)50-21(32(44)45)13-17-5-3-2-4-6-17/h7-10,16-17,20-30,33-34,37-42H,2-6,11-15H2,1H3,(H,35,43)(H,44,45)/t16-,20+,21-,22+,23+,24+,25-,26+,27-,28+,29-,30-,33-,34+/m0/s1. The SMILES string of the molecule is C[C@@H]1O[C@@H](O[C@@H]2[C@@H](CNC(=O)c3ccc([N+](=O)[O-])cc3)OCC[C@H]2O[C@@H]2O[C@H](CO)[C@H](O)[C@H](O[C@@H](CC3CCCCC3)C(=O)O)[C@H]2O)[C@@H](O)[C@H](O)[C@@H]1O. The summed E-state index contributed by atoms with van der Waals surface area (Å²) >= 11 is 0. The van der Waals surface area contributed by atoms with E-state index in [1.54, 1.807) is 0 Å². The van der Waals surface area contributed by atoms with Crippen molar-refractivity contribution in [1.29, 1.82) is 0 Å². The van der Waals surface area contributed by atoms with Crippen molar-refractivity contribution in [2.45, 2.75) is 138 Å². The van der Waals surface area contributed by atoms with Crippen molar-refractivity contribution in [3.63, 3.8) is 0 Å². The molecule has 1 aromatic carbocycles. The van der Waals surface area contributed by atoms with Crippen LogP contribution in [0.2, 0.25) is 0 Å². The first-order valence-electron chi connectivity index (χ1n) is 17.9. The number of nitro groups is 1. The Hall–Kier alpha value is -2.92. The molecule has 53 heavy (non-hydrogen) atoms. The number of benzene rings is 1. The number of aliphatic hydroxyl groups is 6. The molecule has 3 aliphatic heterocycles. The van der Waals surface area contributed by atoms with Crippen LogP contribution in [0, 0.1) is 16.0 Å². The smallest absolute Gasteiger partial charge is 0.332 e. The minimum atomic E-state index is -1.77. The molecular weight excluding hydrogens is 708 g/mol. The molecule has 19 heteroatoms. The molecule has 0 bridgehead atoms. The fourth-order valence-corrected chi connectivity index (χ4v) is 7.27. The van der Waals surface area contributed by atoms with Crippen LogP contribution in [0.15, 0.2) is 24.3 Å². The third kappa shape index (κ3) is 10.0. The molecule has 5 rings (SSSR count). The number of ether oxygens (including phenoxy) is 6. The molecule has 298 valence electrons. The van der Waals surface area contributed by atoms with Crippen LogP contribution in [0.3, 0.4) is 0 Å². The highest BCUT2D eigenvalue weighted by Crippen LogP contribution is 2.34. The average Bonchev–Trinajstić information content (AvgIpc) is 3.15. The van der Waals surface area contributed by atoms with Crippen LogP contribution in [0.1, 0.15) is 62.2 Å². The van der Waals surface area contributed by atoms with E-state index in [2.05, 4.69) is 5.32 Å². The minimum absolute atomic E-state index is 0.0195. The topological polar surface area (TPSA) is 286 Å². The first-order chi connectivity index (χ1) is 25.3. The van der Waals surface area contributed by atoms with Crippen molar-refractivity contribution in [2.24, 2.45) is 5.92 Å². The lowest BCUT2D eigenvalue weighted by Gasteiger charge is -2.47. The van der Waals surface area contributed by atoms with Gasteiger partial charge in [0.05, 0.1) is 23.7 Å². The number of nitro benzene ring substituents is 1. The van der Waals surface area contributed by atoms with Gasteiger partial charge in [-0.15, -0.1) is 0 Å². The van der Waals surface area contributed by atoms with Gasteiger partial charge in [0, 0.05) is 30.8 Å². The molecule has 0 aromatic heterocycles. The quantitative estimate of drug-likeness (QED) is 0.0830. The second kappa shape index (κ2) is 18.6. The predicted octanol–water partition coefficient (Wildman–Crippen LogP) is -1.04. The maximum absolute atomic E-state index is 13.0. The summed E-state index contributed by atoms with van der Waals surface area (Å²) in [6, 6.07) is 4.88. The van der Waals surface area contributed by atoms with Gasteiger partial charge in [-0.25, -0.2) is 4.79 Å². The monoisotopic (exact) mass is 758 g/mol. The highest BCUT2D eigenvalue weighted by atomic mass is 16.7. The Morgan fingerprint density at radius 1 is 0.887 bits per heavy atom. The highest BCUT2D eigenvalue weighted by molar-refractivity contribution is 5.94. The molecule has 4 aliphatic rings. The summed E-state index contributed by atoms with van der Waals surface area (Å²) in [7, 11) is 0. The Labute approximate surface area is 304 Å². The summed E-state index contributed by atoms with van der Waals surface area (Å²) in [6.07, 6.45) is -15.1. The number of hydrogen-bond donors (Lipinski definition) is 8. The Morgan fingerprint density at radius 3 is 2.21 bits per heavy atom. The van der Waals surface area contributed by atoms with E-state index in [1.165, 1.54) is 31.2 Å². The maximum atomic E-state index is 13.0. The van der Waals surface area contributed by atoms with Gasteiger partial charge in [-0.1, -0.05) is 32.1 Å². The molecule has 0 unspecified atom stereocenters. The lowest BCUT2D eigenvalue weighted by atomic mass is 9.85. The number of nitrogens with zero attached hydrogens (tertiary/aromatic N) is 1. The zero-order valence-electron chi connectivity index (χ0n) is 29.2. The van der Waals surface area contributed by atoms with E-state index >= 15 is 0 Å². The molecule has 1 saturated carbocycles. The molecule has 1 aromatic rings. The van der Waals surface area contributed by atoms with E-state index < -0.39 is 109 Å². The zero-order chi connectivity index (χ0) is 38.4. The fraction of sp³-hybridized carbons (Fsp3) is 0.765. The third-order valence-corrected chi connectivity index (χ3v) is 10.4. The number of carboxylic acid groups (broad SMARTS) is 1. The largest absolute Gasteiger partial charge is 0.479 e. The van der Waals surface area contributed by atoms with E-state index in [1.807, 2.05) is 0 Å². The van der Waals surface area contributed by atoms with E-state index in [9.17, 15) is 55.4 Å². The molecule has 0 radical (unpaired) electrons. The van der Waals surface area contributed by atoms with Crippen molar-refractivity contribution in [1.82, 2.24) is 5.32 Å². The first kappa shape index (κ1) is 41.2. The van der Waals surface area contributed by atoms with E-state index in [0.29, 0.717) is 0 Å². The normalized spacial score (nSPS) is 37.5. The van der Waals surface area contributed by atoms with E-state index in [-0.39, 0.29) is 43.2 Å². The number of carbonyl (C=O) groups is 2. The summed E-state index contributed by atoms with van der Waals surface area (Å²) in [6.45, 7) is 0.503. The lowest BCUT2D eigenvalue weighted by molar-refractivity contribution is -0.384. The molecular formula is C34H50N2O17. The number of aliphatic hydroxyl groups excluding tert-OH is 6. The molecule has 3 heterocycles. The Balaban J connectivity index is 1.34. The van der Waals surface area contributed by atoms with Crippen LogP contribution in [-0.2, 0) is 33.2 Å². The lowest BCUT2D eigenvalue weighted by Crippen LogP contribution is -2.64. The van der Waals surface area contributed by atoms with Crippen molar-refractivity contribution in [2.75, 3.05) is 19.8 Å². The number of hydrogen-bond acceptors (Lipinski definition) is 16.